The summed E-state index contributed by atoms with van der Waals surface area (Å²) in [7, 11) is 0. The van der Waals surface area contributed by atoms with Crippen LogP contribution in [0.2, 0.25) is 0 Å². The van der Waals surface area contributed by atoms with Crippen molar-refractivity contribution in [1.82, 2.24) is 5.32 Å². The van der Waals surface area contributed by atoms with Crippen molar-refractivity contribution >= 4 is 11.9 Å². The van der Waals surface area contributed by atoms with Gasteiger partial charge in [0, 0.05) is 0 Å². The lowest BCUT2D eigenvalue weighted by molar-refractivity contribution is -0.141. The molecule has 4 N–H and O–H groups in total. The Labute approximate surface area is 95.4 Å². The average Bonchev–Trinajstić information content (AvgIpc) is 2.13. The van der Waals surface area contributed by atoms with Crippen LogP contribution in [0.15, 0.2) is 0 Å². The first-order chi connectivity index (χ1) is 7.31. The predicted molar refractivity (Wildman–Crippen MR) is 59.9 cm³/mol. The molecule has 1 saturated carbocycles. The summed E-state index contributed by atoms with van der Waals surface area (Å²) in [5.74, 6) is -1.13. The zero-order chi connectivity index (χ0) is 12.4. The predicted octanol–water partition coefficient (Wildman–Crippen LogP) is 0.627. The van der Waals surface area contributed by atoms with Crippen molar-refractivity contribution in [1.29, 1.82) is 0 Å². The molecule has 0 spiro atoms. The van der Waals surface area contributed by atoms with E-state index in [9.17, 15) is 9.59 Å². The molecule has 0 aromatic heterocycles. The molecule has 1 rings (SSSR count). The van der Waals surface area contributed by atoms with Gasteiger partial charge in [-0.3, -0.25) is 9.59 Å². The van der Waals surface area contributed by atoms with Crippen LogP contribution in [0.25, 0.3) is 0 Å². The highest BCUT2D eigenvalue weighted by Gasteiger charge is 2.42. The second-order valence-electron chi connectivity index (χ2n) is 4.93. The Kier molecular flexibility index (Phi) is 3.57. The van der Waals surface area contributed by atoms with Gasteiger partial charge in [0.2, 0.25) is 5.91 Å². The molecule has 1 amide bonds. The summed E-state index contributed by atoms with van der Waals surface area (Å²) in [5.41, 5.74) is 4.34. The number of rotatable bonds is 5. The van der Waals surface area contributed by atoms with Crippen molar-refractivity contribution in [2.75, 3.05) is 0 Å². The van der Waals surface area contributed by atoms with Crippen molar-refractivity contribution in [2.24, 2.45) is 5.73 Å². The van der Waals surface area contributed by atoms with Crippen LogP contribution in [-0.2, 0) is 9.59 Å². The van der Waals surface area contributed by atoms with Crippen LogP contribution in [0, 0.1) is 0 Å². The van der Waals surface area contributed by atoms with Crippen molar-refractivity contribution in [3.63, 3.8) is 0 Å². The van der Waals surface area contributed by atoms with Crippen LogP contribution >= 0.6 is 0 Å². The third-order valence-corrected chi connectivity index (χ3v) is 3.43. The number of hydrogen-bond donors (Lipinski definition) is 3. The monoisotopic (exact) mass is 228 g/mol. The zero-order valence-electron chi connectivity index (χ0n) is 9.88. The molecule has 0 aliphatic heterocycles. The number of carbonyl (C=O) groups excluding carboxylic acids is 1. The molecule has 16 heavy (non-hydrogen) atoms. The Morgan fingerprint density at radius 3 is 2.38 bits per heavy atom. The first-order valence-electron chi connectivity index (χ1n) is 5.65. The minimum atomic E-state index is -0.916. The first kappa shape index (κ1) is 13.0. The van der Waals surface area contributed by atoms with Crippen molar-refractivity contribution in [3.05, 3.63) is 0 Å². The van der Waals surface area contributed by atoms with Gasteiger partial charge in [-0.1, -0.05) is 6.92 Å². The Hall–Kier alpha value is -1.10. The third kappa shape index (κ3) is 2.72. The quantitative estimate of drug-likeness (QED) is 0.643. The van der Waals surface area contributed by atoms with E-state index in [2.05, 4.69) is 5.32 Å². The summed E-state index contributed by atoms with van der Waals surface area (Å²) in [4.78, 5) is 22.6. The number of carboxylic acids is 1. The van der Waals surface area contributed by atoms with Crippen molar-refractivity contribution in [2.45, 2.75) is 57.0 Å². The lowest BCUT2D eigenvalue weighted by atomic mass is 9.74. The lowest BCUT2D eigenvalue weighted by Gasteiger charge is -2.43. The molecular weight excluding hydrogens is 208 g/mol. The second kappa shape index (κ2) is 4.41. The molecule has 5 heteroatoms. The minimum absolute atomic E-state index is 0.0153. The van der Waals surface area contributed by atoms with E-state index < -0.39 is 17.0 Å². The fourth-order valence-corrected chi connectivity index (χ4v) is 1.78. The van der Waals surface area contributed by atoms with Gasteiger partial charge in [0.15, 0.2) is 0 Å². The van der Waals surface area contributed by atoms with Crippen LogP contribution in [-0.4, -0.2) is 28.1 Å². The van der Waals surface area contributed by atoms with Crippen LogP contribution in [0.1, 0.15) is 46.0 Å². The maximum Gasteiger partial charge on any atom is 0.305 e. The number of carboxylic acid groups (broad SMARTS) is 1. The SMILES string of the molecule is CCC(C)(N)C(=O)NC1(CC(=O)O)CCC1. The van der Waals surface area contributed by atoms with Crippen LogP contribution in [0.4, 0.5) is 0 Å². The topological polar surface area (TPSA) is 92.4 Å². The Bertz CT molecular complexity index is 296. The average molecular weight is 228 g/mol. The van der Waals surface area contributed by atoms with Crippen molar-refractivity contribution in [3.8, 4) is 0 Å². The molecule has 1 unspecified atom stereocenters. The number of amides is 1. The van der Waals surface area contributed by atoms with Crippen LogP contribution in [0.3, 0.4) is 0 Å². The van der Waals surface area contributed by atoms with E-state index in [1.54, 1.807) is 6.92 Å². The normalized spacial score (nSPS) is 21.7. The number of carbonyl (C=O) groups is 2. The van der Waals surface area contributed by atoms with Crippen LogP contribution in [0.5, 0.6) is 0 Å². The second-order valence-corrected chi connectivity index (χ2v) is 4.93. The lowest BCUT2D eigenvalue weighted by Crippen LogP contribution is -2.62. The van der Waals surface area contributed by atoms with Gasteiger partial charge in [-0.25, -0.2) is 0 Å². The molecule has 1 aliphatic rings. The molecule has 1 fully saturated rings. The Morgan fingerprint density at radius 1 is 1.50 bits per heavy atom. The summed E-state index contributed by atoms with van der Waals surface area (Å²) in [6.45, 7) is 3.50. The Morgan fingerprint density at radius 2 is 2.06 bits per heavy atom. The highest BCUT2D eigenvalue weighted by atomic mass is 16.4. The maximum absolute atomic E-state index is 11.9. The number of hydrogen-bond acceptors (Lipinski definition) is 3. The third-order valence-electron chi connectivity index (χ3n) is 3.43. The van der Waals surface area contributed by atoms with E-state index in [0.717, 1.165) is 19.3 Å². The minimum Gasteiger partial charge on any atom is -0.481 e. The summed E-state index contributed by atoms with van der Waals surface area (Å²) >= 11 is 0. The molecule has 1 aliphatic carbocycles. The molecule has 0 aromatic carbocycles. The number of nitrogens with two attached hydrogens (primary N) is 1. The fourth-order valence-electron chi connectivity index (χ4n) is 1.78. The highest BCUT2D eigenvalue weighted by Crippen LogP contribution is 2.35. The van der Waals surface area contributed by atoms with Gasteiger partial charge in [0.25, 0.3) is 0 Å². The van der Waals surface area contributed by atoms with Crippen molar-refractivity contribution < 1.29 is 14.7 Å². The molecule has 5 nitrogen and oxygen atoms in total. The molecule has 1 atom stereocenters. The van der Waals surface area contributed by atoms with Gasteiger partial charge in [-0.2, -0.15) is 0 Å². The molecule has 0 bridgehead atoms. The summed E-state index contributed by atoms with van der Waals surface area (Å²) in [6.07, 6.45) is 2.93. The van der Waals surface area contributed by atoms with Gasteiger partial charge in [0.05, 0.1) is 17.5 Å². The highest BCUT2D eigenvalue weighted by molar-refractivity contribution is 5.86. The number of aliphatic carboxylic acids is 1. The molecule has 0 heterocycles. The summed E-state index contributed by atoms with van der Waals surface area (Å²) < 4.78 is 0. The number of nitrogens with one attached hydrogen (secondary N) is 1. The smallest absolute Gasteiger partial charge is 0.305 e. The van der Waals surface area contributed by atoms with Gasteiger partial charge in [-0.15, -0.1) is 0 Å². The summed E-state index contributed by atoms with van der Waals surface area (Å²) in [5, 5.41) is 11.6. The molecule has 0 radical (unpaired) electrons. The van der Waals surface area contributed by atoms with Gasteiger partial charge in [0.1, 0.15) is 0 Å². The van der Waals surface area contributed by atoms with E-state index in [0.29, 0.717) is 6.42 Å². The van der Waals surface area contributed by atoms with Gasteiger partial charge >= 0.3 is 5.97 Å². The standard InChI is InChI=1S/C11H20N2O3/c1-3-10(2,12)9(16)13-11(5-4-6-11)7-8(14)15/h3-7,12H2,1-2H3,(H,13,16)(H,14,15). The first-order valence-corrected chi connectivity index (χ1v) is 5.65. The molecule has 0 aromatic rings. The summed E-state index contributed by atoms with van der Waals surface area (Å²) in [6, 6.07) is 0. The van der Waals surface area contributed by atoms with E-state index >= 15 is 0 Å². The van der Waals surface area contributed by atoms with Gasteiger partial charge < -0.3 is 16.2 Å². The van der Waals surface area contributed by atoms with E-state index in [1.165, 1.54) is 0 Å². The molecular formula is C11H20N2O3. The van der Waals surface area contributed by atoms with E-state index in [-0.39, 0.29) is 12.3 Å². The zero-order valence-corrected chi connectivity index (χ0v) is 9.88. The largest absolute Gasteiger partial charge is 0.481 e. The fraction of sp³-hybridized carbons (Fsp3) is 0.818. The Balaban J connectivity index is 2.64. The van der Waals surface area contributed by atoms with E-state index in [1.807, 2.05) is 6.92 Å². The van der Waals surface area contributed by atoms with E-state index in [4.69, 9.17) is 10.8 Å². The van der Waals surface area contributed by atoms with Gasteiger partial charge in [-0.05, 0) is 32.6 Å². The molecule has 0 saturated heterocycles. The van der Waals surface area contributed by atoms with Crippen LogP contribution < -0.4 is 11.1 Å². The molecule has 92 valence electrons. The maximum atomic E-state index is 11.9.